The highest BCUT2D eigenvalue weighted by atomic mass is 32.1. The van der Waals surface area contributed by atoms with E-state index >= 15 is 0 Å². The first-order valence-electron chi connectivity index (χ1n) is 9.12. The minimum absolute atomic E-state index is 0.429. The molecule has 1 aromatic heterocycles. The second kappa shape index (κ2) is 6.71. The fourth-order valence-corrected chi connectivity index (χ4v) is 4.99. The summed E-state index contributed by atoms with van der Waals surface area (Å²) in [7, 11) is 4.43. The summed E-state index contributed by atoms with van der Waals surface area (Å²) in [5.74, 6) is 0.801. The van der Waals surface area contributed by atoms with Crippen LogP contribution in [0.25, 0.3) is 10.2 Å². The predicted molar refractivity (Wildman–Crippen MR) is 102 cm³/mol. The van der Waals surface area contributed by atoms with E-state index in [1.54, 1.807) is 0 Å². The van der Waals surface area contributed by atoms with Gasteiger partial charge in [0.15, 0.2) is 0 Å². The van der Waals surface area contributed by atoms with Crippen molar-refractivity contribution < 1.29 is 0 Å². The number of aromatic nitrogens is 1. The number of thiazole rings is 1. The van der Waals surface area contributed by atoms with Gasteiger partial charge in [0, 0.05) is 25.7 Å². The fraction of sp³-hybridized carbons (Fsp3) is 0.632. The van der Waals surface area contributed by atoms with Crippen LogP contribution in [0.3, 0.4) is 0 Å². The Balaban J connectivity index is 1.59. The molecule has 130 valence electrons. The number of nitrogens with one attached hydrogen (secondary N) is 1. The zero-order valence-electron chi connectivity index (χ0n) is 15.0. The summed E-state index contributed by atoms with van der Waals surface area (Å²) in [4.78, 5) is 9.87. The maximum atomic E-state index is 5.01. The number of likely N-dealkylation sites (N-methyl/N-ethyl adjacent to an activating group) is 2. The van der Waals surface area contributed by atoms with Crippen LogP contribution in [0.2, 0.25) is 0 Å². The summed E-state index contributed by atoms with van der Waals surface area (Å²) in [6.07, 6.45) is 2.55. The van der Waals surface area contributed by atoms with E-state index in [1.165, 1.54) is 33.6 Å². The summed E-state index contributed by atoms with van der Waals surface area (Å²) in [6.45, 7) is 6.80. The van der Waals surface area contributed by atoms with Gasteiger partial charge in [0.25, 0.3) is 0 Å². The van der Waals surface area contributed by atoms with Gasteiger partial charge in [-0.2, -0.15) is 0 Å². The van der Waals surface area contributed by atoms with Crippen LogP contribution in [-0.2, 0) is 0 Å². The van der Waals surface area contributed by atoms with Gasteiger partial charge in [-0.15, -0.1) is 11.3 Å². The molecule has 1 N–H and O–H groups in total. The predicted octanol–water partition coefficient (Wildman–Crippen LogP) is 3.28. The normalized spacial score (nSPS) is 30.0. The molecule has 2 fully saturated rings. The van der Waals surface area contributed by atoms with E-state index < -0.39 is 0 Å². The topological polar surface area (TPSA) is 31.4 Å². The van der Waals surface area contributed by atoms with E-state index in [1.807, 2.05) is 11.3 Å². The molecule has 1 unspecified atom stereocenters. The Labute approximate surface area is 148 Å². The van der Waals surface area contributed by atoms with Gasteiger partial charge in [-0.3, -0.25) is 4.90 Å². The van der Waals surface area contributed by atoms with Crippen molar-refractivity contribution in [2.75, 3.05) is 40.3 Å². The molecule has 2 aliphatic heterocycles. The van der Waals surface area contributed by atoms with Crippen LogP contribution >= 0.6 is 11.3 Å². The molecule has 0 spiro atoms. The third-order valence-electron chi connectivity index (χ3n) is 5.63. The van der Waals surface area contributed by atoms with Crippen LogP contribution in [0.1, 0.15) is 42.4 Å². The molecule has 0 saturated carbocycles. The lowest BCUT2D eigenvalue weighted by molar-refractivity contribution is 0.115. The van der Waals surface area contributed by atoms with Crippen LogP contribution in [0.5, 0.6) is 0 Å². The Hall–Kier alpha value is -1.01. The Morgan fingerprint density at radius 1 is 1.21 bits per heavy atom. The maximum Gasteiger partial charge on any atom is 0.112 e. The molecule has 0 amide bonds. The fourth-order valence-electron chi connectivity index (χ4n) is 3.88. The summed E-state index contributed by atoms with van der Waals surface area (Å²) in [6, 6.07) is 7.82. The van der Waals surface area contributed by atoms with Crippen LogP contribution in [0.15, 0.2) is 18.2 Å². The lowest BCUT2D eigenvalue weighted by Gasteiger charge is -2.36. The van der Waals surface area contributed by atoms with E-state index in [-0.39, 0.29) is 0 Å². The monoisotopic (exact) mass is 344 g/mol. The molecule has 2 aliphatic rings. The molecule has 0 bridgehead atoms. The smallest absolute Gasteiger partial charge is 0.112 e. The molecular weight excluding hydrogens is 316 g/mol. The summed E-state index contributed by atoms with van der Waals surface area (Å²) in [5.41, 5.74) is 2.58. The zero-order chi connectivity index (χ0) is 16.7. The van der Waals surface area contributed by atoms with E-state index in [0.29, 0.717) is 12.1 Å². The van der Waals surface area contributed by atoms with Crippen LogP contribution in [0.4, 0.5) is 0 Å². The quantitative estimate of drug-likeness (QED) is 0.906. The molecule has 5 heteroatoms. The van der Waals surface area contributed by atoms with Crippen molar-refractivity contribution in [1.29, 1.82) is 0 Å². The third-order valence-corrected chi connectivity index (χ3v) is 6.77. The van der Waals surface area contributed by atoms with Gasteiger partial charge in [0.05, 0.1) is 16.3 Å². The van der Waals surface area contributed by atoms with Gasteiger partial charge < -0.3 is 10.2 Å². The number of rotatable bonds is 2. The first kappa shape index (κ1) is 16.5. The molecule has 3 heterocycles. The lowest BCUT2D eigenvalue weighted by Crippen LogP contribution is -2.44. The van der Waals surface area contributed by atoms with E-state index in [2.05, 4.69) is 54.3 Å². The standard InChI is InChI=1S/C19H28N4S/c1-13-4-6-15(20-11-13)14-5-7-18-16(10-14)21-19(24-18)17-12-22(2)8-9-23(17)3/h5,7,10,13,15,17,20H,4,6,8-9,11-12H2,1-3H3/t13-,15+,17?/m0/s1. The van der Waals surface area contributed by atoms with Crippen molar-refractivity contribution in [3.63, 3.8) is 0 Å². The molecule has 2 saturated heterocycles. The third kappa shape index (κ3) is 3.23. The van der Waals surface area contributed by atoms with E-state index in [4.69, 9.17) is 4.98 Å². The number of nitrogens with zero attached hydrogens (tertiary/aromatic N) is 3. The van der Waals surface area contributed by atoms with Crippen LogP contribution < -0.4 is 5.32 Å². The zero-order valence-corrected chi connectivity index (χ0v) is 15.8. The Bertz CT molecular complexity index is 704. The minimum atomic E-state index is 0.429. The number of fused-ring (bicyclic) bond motifs is 1. The lowest BCUT2D eigenvalue weighted by atomic mass is 9.92. The van der Waals surface area contributed by atoms with Crippen molar-refractivity contribution in [2.45, 2.75) is 31.8 Å². The average molecular weight is 345 g/mol. The van der Waals surface area contributed by atoms with Gasteiger partial charge in [-0.25, -0.2) is 4.98 Å². The van der Waals surface area contributed by atoms with Crippen molar-refractivity contribution >= 4 is 21.6 Å². The number of piperidine rings is 1. The first-order valence-corrected chi connectivity index (χ1v) is 9.94. The SMILES string of the molecule is C[C@H]1CC[C@H](c2ccc3sc(C4CN(C)CCN4C)nc3c2)NC1. The summed E-state index contributed by atoms with van der Waals surface area (Å²) >= 11 is 1.87. The molecule has 0 radical (unpaired) electrons. The second-order valence-electron chi connectivity index (χ2n) is 7.68. The molecule has 24 heavy (non-hydrogen) atoms. The van der Waals surface area contributed by atoms with Crippen LogP contribution in [-0.4, -0.2) is 55.1 Å². The largest absolute Gasteiger partial charge is 0.310 e. The van der Waals surface area contributed by atoms with E-state index in [9.17, 15) is 0 Å². The summed E-state index contributed by atoms with van der Waals surface area (Å²) < 4.78 is 1.32. The van der Waals surface area contributed by atoms with Gasteiger partial charge in [-0.05, 0) is 57.1 Å². The molecule has 4 nitrogen and oxygen atoms in total. The highest BCUT2D eigenvalue weighted by Crippen LogP contribution is 2.33. The molecular formula is C19H28N4S. The minimum Gasteiger partial charge on any atom is -0.310 e. The van der Waals surface area contributed by atoms with E-state index in [0.717, 1.165) is 32.1 Å². The van der Waals surface area contributed by atoms with Gasteiger partial charge in [0.1, 0.15) is 5.01 Å². The number of hydrogen-bond donors (Lipinski definition) is 1. The molecule has 2 aromatic rings. The maximum absolute atomic E-state index is 5.01. The Kier molecular flexibility index (Phi) is 4.60. The highest BCUT2D eigenvalue weighted by Gasteiger charge is 2.27. The highest BCUT2D eigenvalue weighted by molar-refractivity contribution is 7.18. The van der Waals surface area contributed by atoms with Crippen LogP contribution in [0, 0.1) is 5.92 Å². The van der Waals surface area contributed by atoms with Crippen molar-refractivity contribution in [1.82, 2.24) is 20.1 Å². The second-order valence-corrected chi connectivity index (χ2v) is 8.74. The van der Waals surface area contributed by atoms with Crippen molar-refractivity contribution in [3.05, 3.63) is 28.8 Å². The number of benzene rings is 1. The van der Waals surface area contributed by atoms with Crippen molar-refractivity contribution in [2.24, 2.45) is 5.92 Å². The van der Waals surface area contributed by atoms with Gasteiger partial charge in [0.2, 0.25) is 0 Å². The average Bonchev–Trinajstić information content (AvgIpc) is 3.00. The molecule has 4 rings (SSSR count). The molecule has 1 aromatic carbocycles. The van der Waals surface area contributed by atoms with Crippen molar-refractivity contribution in [3.8, 4) is 0 Å². The van der Waals surface area contributed by atoms with Gasteiger partial charge >= 0.3 is 0 Å². The Morgan fingerprint density at radius 2 is 2.08 bits per heavy atom. The first-order chi connectivity index (χ1) is 11.6. The molecule has 0 aliphatic carbocycles. The number of hydrogen-bond acceptors (Lipinski definition) is 5. The Morgan fingerprint density at radius 3 is 2.88 bits per heavy atom. The van der Waals surface area contributed by atoms with Gasteiger partial charge in [-0.1, -0.05) is 13.0 Å². The number of piperazine rings is 1. The summed E-state index contributed by atoms with van der Waals surface area (Å²) in [5, 5.41) is 4.96. The molecule has 3 atom stereocenters.